The van der Waals surface area contributed by atoms with Crippen LogP contribution in [-0.4, -0.2) is 11.7 Å². The van der Waals surface area contributed by atoms with Crippen LogP contribution in [0.5, 0.6) is 5.75 Å². The average Bonchev–Trinajstić information content (AvgIpc) is 3.65. The molecule has 294 valence electrons. The lowest BCUT2D eigenvalue weighted by atomic mass is 9.60. The van der Waals surface area contributed by atoms with Gasteiger partial charge >= 0.3 is 0 Å². The van der Waals surface area contributed by atoms with Crippen molar-refractivity contribution in [1.82, 2.24) is 5.32 Å². The van der Waals surface area contributed by atoms with Crippen LogP contribution >= 0.6 is 0 Å². The van der Waals surface area contributed by atoms with Gasteiger partial charge in [0.1, 0.15) is 23.5 Å². The van der Waals surface area contributed by atoms with Gasteiger partial charge in [-0.2, -0.15) is 0 Å². The number of hydrogen-bond donors (Lipinski definition) is 1. The van der Waals surface area contributed by atoms with E-state index in [9.17, 15) is 0 Å². The summed E-state index contributed by atoms with van der Waals surface area (Å²) in [7, 11) is 0. The van der Waals surface area contributed by atoms with E-state index < -0.39 is 11.6 Å². The van der Waals surface area contributed by atoms with E-state index in [1.165, 1.54) is 27.8 Å². The largest absolute Gasteiger partial charge is 0.460 e. The number of hydrogen-bond acceptors (Lipinski definition) is 4. The molecular formula is C58H41N3O. The van der Waals surface area contributed by atoms with Crippen molar-refractivity contribution >= 4 is 11.7 Å². The minimum atomic E-state index is -0.432. The number of fused-ring (bicyclic) bond motifs is 9. The number of benzene rings is 8. The van der Waals surface area contributed by atoms with Crippen molar-refractivity contribution in [2.45, 2.75) is 18.0 Å². The van der Waals surface area contributed by atoms with Crippen molar-refractivity contribution in [1.29, 1.82) is 0 Å². The van der Waals surface area contributed by atoms with Crippen molar-refractivity contribution in [3.63, 3.8) is 0 Å². The molecule has 2 aliphatic heterocycles. The predicted molar refractivity (Wildman–Crippen MR) is 252 cm³/mol. The Labute approximate surface area is 362 Å². The second-order valence-electron chi connectivity index (χ2n) is 16.4. The number of ether oxygens (including phenoxy) is 1. The molecule has 0 fully saturated rings. The number of nitrogens with zero attached hydrogens (tertiary/aromatic N) is 2. The normalized spacial score (nSPS) is 17.6. The van der Waals surface area contributed by atoms with Gasteiger partial charge in [0.2, 0.25) is 0 Å². The van der Waals surface area contributed by atoms with Crippen LogP contribution in [0.4, 0.5) is 0 Å². The van der Waals surface area contributed by atoms with Crippen LogP contribution in [0.15, 0.2) is 234 Å². The number of aliphatic imine (C=N–C) groups is 2. The molecule has 0 bridgehead atoms. The number of nitrogens with one attached hydrogen (secondary N) is 1. The van der Waals surface area contributed by atoms with Crippen LogP contribution in [0.3, 0.4) is 0 Å². The Bertz CT molecular complexity index is 3130. The fourth-order valence-electron chi connectivity index (χ4n) is 10.3. The zero-order chi connectivity index (χ0) is 41.0. The fourth-order valence-corrected chi connectivity index (χ4v) is 10.3. The van der Waals surface area contributed by atoms with Crippen LogP contribution in [0.25, 0.3) is 44.5 Å². The highest BCUT2D eigenvalue weighted by atomic mass is 16.5. The SMILES string of the molecule is C1=CCC2C(=C1)Oc1c(-c3ccccc3C3=NC(c4cccc(-c5ccccc5)c4)NC(c4cccc(-c5ccccc5)c4)=N3)cccc1C21c2ccccc2-c2ccccc21. The molecule has 0 amide bonds. The van der Waals surface area contributed by atoms with Crippen LogP contribution in [0.2, 0.25) is 0 Å². The van der Waals surface area contributed by atoms with Crippen LogP contribution in [0.1, 0.15) is 46.0 Å². The van der Waals surface area contributed by atoms with E-state index in [-0.39, 0.29) is 5.92 Å². The molecule has 62 heavy (non-hydrogen) atoms. The maximum atomic E-state index is 7.19. The van der Waals surface area contributed by atoms with Crippen molar-refractivity contribution in [3.8, 4) is 50.3 Å². The standard InChI is InChI=1S/C58H41N3O/c1-3-18-38(19-4-1)40-22-15-24-42(36-40)55-59-56(43-25-16-23-41(37-43)39-20-5-2-6-21-39)61-57(60-55)48-29-8-7-26-44(48)47-30-17-34-52-54(47)62-53-35-14-13-33-51(53)58(52)49-31-11-9-27-45(49)46-28-10-12-32-50(46)58/h1-32,34-37,51,55H,33H2,(H,59,60,61). The van der Waals surface area contributed by atoms with Gasteiger partial charge in [-0.3, -0.25) is 0 Å². The Morgan fingerprint density at radius 1 is 0.484 bits per heavy atom. The molecule has 1 spiro atoms. The number of allylic oxidation sites excluding steroid dienone is 4. The Hall–Kier alpha value is -7.82. The highest BCUT2D eigenvalue weighted by Crippen LogP contribution is 2.64. The van der Waals surface area contributed by atoms with Gasteiger partial charge in [0, 0.05) is 28.2 Å². The highest BCUT2D eigenvalue weighted by Gasteiger charge is 2.55. The third-order valence-electron chi connectivity index (χ3n) is 13.0. The topological polar surface area (TPSA) is 46.0 Å². The molecule has 0 radical (unpaired) electrons. The summed E-state index contributed by atoms with van der Waals surface area (Å²) in [4.78, 5) is 10.9. The zero-order valence-corrected chi connectivity index (χ0v) is 33.9. The van der Waals surface area contributed by atoms with Gasteiger partial charge in [0.25, 0.3) is 0 Å². The van der Waals surface area contributed by atoms with E-state index >= 15 is 0 Å². The number of para-hydroxylation sites is 1. The molecule has 4 heteroatoms. The molecule has 0 saturated heterocycles. The Balaban J connectivity index is 1.05. The molecule has 8 aromatic carbocycles. The summed E-state index contributed by atoms with van der Waals surface area (Å²) in [6.45, 7) is 0. The van der Waals surface area contributed by atoms with Crippen molar-refractivity contribution < 1.29 is 4.74 Å². The van der Waals surface area contributed by atoms with Gasteiger partial charge in [-0.05, 0) is 80.3 Å². The van der Waals surface area contributed by atoms with Crippen molar-refractivity contribution in [3.05, 3.63) is 258 Å². The average molecular weight is 796 g/mol. The van der Waals surface area contributed by atoms with Crippen LogP contribution in [0, 0.1) is 5.92 Å². The Morgan fingerprint density at radius 3 is 1.76 bits per heavy atom. The minimum Gasteiger partial charge on any atom is -0.460 e. The van der Waals surface area contributed by atoms with Crippen molar-refractivity contribution in [2.24, 2.45) is 15.9 Å². The first-order valence-corrected chi connectivity index (χ1v) is 21.5. The summed E-state index contributed by atoms with van der Waals surface area (Å²) in [6.07, 6.45) is 7.10. The van der Waals surface area contributed by atoms with Crippen molar-refractivity contribution in [2.75, 3.05) is 0 Å². The summed E-state index contributed by atoms with van der Waals surface area (Å²) < 4.78 is 7.19. The Kier molecular flexibility index (Phi) is 8.56. The zero-order valence-electron chi connectivity index (χ0n) is 33.9. The molecular weight excluding hydrogens is 755 g/mol. The van der Waals surface area contributed by atoms with Gasteiger partial charge in [-0.1, -0.05) is 200 Å². The quantitative estimate of drug-likeness (QED) is 0.182. The third-order valence-corrected chi connectivity index (χ3v) is 13.0. The molecule has 4 nitrogen and oxygen atoms in total. The molecule has 4 aliphatic rings. The first kappa shape index (κ1) is 36.1. The second-order valence-corrected chi connectivity index (χ2v) is 16.4. The summed E-state index contributed by atoms with van der Waals surface area (Å²) in [6, 6.07) is 71.5. The first-order valence-electron chi connectivity index (χ1n) is 21.5. The predicted octanol–water partition coefficient (Wildman–Crippen LogP) is 13.4. The fraction of sp³-hybridized carbons (Fsp3) is 0.0690. The summed E-state index contributed by atoms with van der Waals surface area (Å²) >= 11 is 0. The number of amidine groups is 2. The number of rotatable bonds is 6. The lowest BCUT2D eigenvalue weighted by Gasteiger charge is -2.46. The molecule has 0 aromatic heterocycles. The van der Waals surface area contributed by atoms with Crippen LogP contribution in [-0.2, 0) is 5.41 Å². The molecule has 2 heterocycles. The highest BCUT2D eigenvalue weighted by molar-refractivity contribution is 6.15. The third kappa shape index (κ3) is 5.75. The first-order chi connectivity index (χ1) is 30.7. The van der Waals surface area contributed by atoms with Crippen LogP contribution < -0.4 is 10.1 Å². The molecule has 1 N–H and O–H groups in total. The van der Waals surface area contributed by atoms with E-state index in [0.29, 0.717) is 5.84 Å². The maximum Gasteiger partial charge on any atom is 0.160 e. The van der Waals surface area contributed by atoms with E-state index in [2.05, 4.69) is 224 Å². The lowest BCUT2D eigenvalue weighted by Crippen LogP contribution is -2.42. The van der Waals surface area contributed by atoms with Gasteiger partial charge in [0.05, 0.1) is 5.41 Å². The second kappa shape index (κ2) is 14.7. The van der Waals surface area contributed by atoms with E-state index in [1.807, 2.05) is 0 Å². The monoisotopic (exact) mass is 795 g/mol. The summed E-state index contributed by atoms with van der Waals surface area (Å²) in [5, 5.41) is 3.76. The van der Waals surface area contributed by atoms with E-state index in [4.69, 9.17) is 14.7 Å². The summed E-state index contributed by atoms with van der Waals surface area (Å²) in [5.41, 5.74) is 15.6. The molecule has 2 aliphatic carbocycles. The lowest BCUT2D eigenvalue weighted by molar-refractivity contribution is 0.254. The molecule has 8 aromatic rings. The van der Waals surface area contributed by atoms with Gasteiger partial charge in [-0.25, -0.2) is 9.98 Å². The van der Waals surface area contributed by atoms with Gasteiger partial charge in [0.15, 0.2) is 5.84 Å². The maximum absolute atomic E-state index is 7.19. The Morgan fingerprint density at radius 2 is 1.03 bits per heavy atom. The summed E-state index contributed by atoms with van der Waals surface area (Å²) in [5.74, 6) is 3.41. The van der Waals surface area contributed by atoms with Gasteiger partial charge < -0.3 is 10.1 Å². The van der Waals surface area contributed by atoms with E-state index in [0.717, 1.165) is 73.8 Å². The molecule has 12 rings (SSSR count). The van der Waals surface area contributed by atoms with Gasteiger partial charge in [-0.15, -0.1) is 0 Å². The molecule has 0 saturated carbocycles. The van der Waals surface area contributed by atoms with E-state index in [1.54, 1.807) is 0 Å². The molecule has 2 unspecified atom stereocenters. The molecule has 2 atom stereocenters. The smallest absolute Gasteiger partial charge is 0.160 e. The minimum absolute atomic E-state index is 0.107.